The van der Waals surface area contributed by atoms with E-state index in [2.05, 4.69) is 15.6 Å². The zero-order valence-electron chi connectivity index (χ0n) is 15.4. The molecule has 0 saturated carbocycles. The number of aryl methyl sites for hydroxylation is 2. The number of benzene rings is 2. The van der Waals surface area contributed by atoms with Crippen molar-refractivity contribution in [3.8, 4) is 0 Å². The van der Waals surface area contributed by atoms with Crippen LogP contribution in [0.5, 0.6) is 0 Å². The summed E-state index contributed by atoms with van der Waals surface area (Å²) in [6.07, 6.45) is 0.655. The quantitative estimate of drug-likeness (QED) is 0.790. The zero-order chi connectivity index (χ0) is 20.3. The van der Waals surface area contributed by atoms with Gasteiger partial charge in [0.05, 0.1) is 11.4 Å². The van der Waals surface area contributed by atoms with E-state index in [-0.39, 0.29) is 18.0 Å². The highest BCUT2D eigenvalue weighted by Gasteiger charge is 2.32. The Morgan fingerprint density at radius 1 is 1.29 bits per heavy atom. The van der Waals surface area contributed by atoms with Crippen molar-refractivity contribution in [2.24, 2.45) is 4.99 Å². The number of anilines is 1. The van der Waals surface area contributed by atoms with Crippen molar-refractivity contribution in [2.75, 3.05) is 5.32 Å². The van der Waals surface area contributed by atoms with Gasteiger partial charge >= 0.3 is 0 Å². The first kappa shape index (κ1) is 20.0. The SMILES string of the molecule is CCc1cccc(C)c1N=C1NC(=O)[C@@H](CC(=O)Nc2ccc(F)cc2F)S1. The Kier molecular flexibility index (Phi) is 6.08. The first-order valence-corrected chi connectivity index (χ1v) is 9.65. The third kappa shape index (κ3) is 4.56. The van der Waals surface area contributed by atoms with Gasteiger partial charge in [0.1, 0.15) is 16.9 Å². The second kappa shape index (κ2) is 8.52. The van der Waals surface area contributed by atoms with E-state index in [4.69, 9.17) is 0 Å². The van der Waals surface area contributed by atoms with Gasteiger partial charge in [-0.3, -0.25) is 9.59 Å². The molecule has 0 unspecified atom stereocenters. The number of amidine groups is 1. The molecule has 8 heteroatoms. The molecule has 2 aromatic carbocycles. The van der Waals surface area contributed by atoms with Crippen LogP contribution in [0.15, 0.2) is 41.4 Å². The van der Waals surface area contributed by atoms with Gasteiger partial charge in [-0.25, -0.2) is 13.8 Å². The standard InChI is InChI=1S/C20H19F2N3O2S/c1-3-12-6-4-5-11(2)18(12)24-20-25-19(27)16(28-20)10-17(26)23-15-8-7-13(21)9-14(15)22/h4-9,16H,3,10H2,1-2H3,(H,23,26)(H,24,25,27)/t16-/m1/s1. The van der Waals surface area contributed by atoms with Crippen LogP contribution in [-0.2, 0) is 16.0 Å². The highest BCUT2D eigenvalue weighted by molar-refractivity contribution is 8.15. The van der Waals surface area contributed by atoms with Gasteiger partial charge in [0.15, 0.2) is 5.17 Å². The normalized spacial score (nSPS) is 17.6. The van der Waals surface area contributed by atoms with Crippen LogP contribution in [0.25, 0.3) is 0 Å². The fourth-order valence-electron chi connectivity index (χ4n) is 2.82. The van der Waals surface area contributed by atoms with Gasteiger partial charge in [-0.1, -0.05) is 36.9 Å². The van der Waals surface area contributed by atoms with Gasteiger partial charge in [0.25, 0.3) is 0 Å². The number of thioether (sulfide) groups is 1. The number of halogens is 2. The molecular weight excluding hydrogens is 384 g/mol. The molecule has 1 aliphatic heterocycles. The lowest BCUT2D eigenvalue weighted by molar-refractivity contribution is -0.122. The average molecular weight is 403 g/mol. The zero-order valence-corrected chi connectivity index (χ0v) is 16.2. The molecule has 0 aromatic heterocycles. The van der Waals surface area contributed by atoms with E-state index in [1.165, 1.54) is 0 Å². The lowest BCUT2D eigenvalue weighted by Gasteiger charge is -2.08. The second-order valence-electron chi connectivity index (χ2n) is 6.33. The summed E-state index contributed by atoms with van der Waals surface area (Å²) in [7, 11) is 0. The summed E-state index contributed by atoms with van der Waals surface area (Å²) in [5, 5.41) is 4.81. The summed E-state index contributed by atoms with van der Waals surface area (Å²) in [6.45, 7) is 3.97. The number of nitrogens with one attached hydrogen (secondary N) is 2. The highest BCUT2D eigenvalue weighted by Crippen LogP contribution is 2.29. The van der Waals surface area contributed by atoms with Crippen LogP contribution in [0.4, 0.5) is 20.2 Å². The fourth-order valence-corrected chi connectivity index (χ4v) is 3.79. The minimum absolute atomic E-state index is 0.129. The third-order valence-corrected chi connectivity index (χ3v) is 5.35. The summed E-state index contributed by atoms with van der Waals surface area (Å²) >= 11 is 1.16. The predicted octanol–water partition coefficient (Wildman–Crippen LogP) is 4.08. The molecule has 2 amide bonds. The van der Waals surface area contributed by atoms with Crippen molar-refractivity contribution in [2.45, 2.75) is 31.9 Å². The summed E-state index contributed by atoms with van der Waals surface area (Å²) < 4.78 is 26.6. The summed E-state index contributed by atoms with van der Waals surface area (Å²) in [4.78, 5) is 28.9. The Morgan fingerprint density at radius 3 is 2.79 bits per heavy atom. The number of amides is 2. The van der Waals surface area contributed by atoms with Crippen LogP contribution in [0.3, 0.4) is 0 Å². The molecule has 1 heterocycles. The molecule has 28 heavy (non-hydrogen) atoms. The van der Waals surface area contributed by atoms with Crippen molar-refractivity contribution in [1.29, 1.82) is 0 Å². The molecular formula is C20H19F2N3O2S. The maximum absolute atomic E-state index is 13.7. The summed E-state index contributed by atoms with van der Waals surface area (Å²) in [6, 6.07) is 8.76. The van der Waals surface area contributed by atoms with Crippen molar-refractivity contribution >= 4 is 40.1 Å². The van der Waals surface area contributed by atoms with Gasteiger partial charge in [0.2, 0.25) is 11.8 Å². The predicted molar refractivity (Wildman–Crippen MR) is 107 cm³/mol. The van der Waals surface area contributed by atoms with Crippen LogP contribution in [0.2, 0.25) is 0 Å². The molecule has 0 radical (unpaired) electrons. The van der Waals surface area contributed by atoms with Crippen molar-refractivity contribution in [3.63, 3.8) is 0 Å². The van der Waals surface area contributed by atoms with E-state index in [0.29, 0.717) is 11.2 Å². The van der Waals surface area contributed by atoms with Crippen LogP contribution < -0.4 is 10.6 Å². The molecule has 146 valence electrons. The first-order chi connectivity index (χ1) is 13.4. The molecule has 1 fully saturated rings. The van der Waals surface area contributed by atoms with E-state index in [0.717, 1.165) is 47.1 Å². The summed E-state index contributed by atoms with van der Waals surface area (Å²) in [5.41, 5.74) is 2.74. The number of hydrogen-bond donors (Lipinski definition) is 2. The van der Waals surface area contributed by atoms with E-state index >= 15 is 0 Å². The van der Waals surface area contributed by atoms with Gasteiger partial charge in [-0.15, -0.1) is 0 Å². The Morgan fingerprint density at radius 2 is 2.07 bits per heavy atom. The molecule has 0 spiro atoms. The Hall–Kier alpha value is -2.74. The topological polar surface area (TPSA) is 70.6 Å². The second-order valence-corrected chi connectivity index (χ2v) is 7.52. The largest absolute Gasteiger partial charge is 0.324 e. The van der Waals surface area contributed by atoms with E-state index in [1.807, 2.05) is 32.0 Å². The maximum Gasteiger partial charge on any atom is 0.240 e. The molecule has 0 aliphatic carbocycles. The molecule has 1 aliphatic rings. The van der Waals surface area contributed by atoms with Crippen molar-refractivity contribution in [3.05, 3.63) is 59.2 Å². The lowest BCUT2D eigenvalue weighted by atomic mass is 10.1. The smallest absolute Gasteiger partial charge is 0.240 e. The van der Waals surface area contributed by atoms with Crippen molar-refractivity contribution < 1.29 is 18.4 Å². The number of rotatable bonds is 5. The van der Waals surface area contributed by atoms with Gasteiger partial charge in [-0.05, 0) is 36.6 Å². The molecule has 3 rings (SSSR count). The fraction of sp³-hybridized carbons (Fsp3) is 0.250. The summed E-state index contributed by atoms with van der Waals surface area (Å²) in [5.74, 6) is -2.47. The van der Waals surface area contributed by atoms with Gasteiger partial charge in [-0.2, -0.15) is 0 Å². The van der Waals surface area contributed by atoms with Crippen LogP contribution in [-0.4, -0.2) is 22.2 Å². The molecule has 5 nitrogen and oxygen atoms in total. The minimum atomic E-state index is -0.870. The number of hydrogen-bond acceptors (Lipinski definition) is 4. The van der Waals surface area contributed by atoms with Crippen molar-refractivity contribution in [1.82, 2.24) is 5.32 Å². The first-order valence-electron chi connectivity index (χ1n) is 8.77. The molecule has 1 atom stereocenters. The number of aliphatic imine (C=N–C) groups is 1. The van der Waals surface area contributed by atoms with Crippen LogP contribution >= 0.6 is 11.8 Å². The maximum atomic E-state index is 13.7. The van der Waals surface area contributed by atoms with Crippen LogP contribution in [0, 0.1) is 18.6 Å². The lowest BCUT2D eigenvalue weighted by Crippen LogP contribution is -2.28. The average Bonchev–Trinajstić information content (AvgIpc) is 2.98. The Bertz CT molecular complexity index is 962. The molecule has 2 aromatic rings. The Balaban J connectivity index is 1.69. The number of nitrogens with zero attached hydrogens (tertiary/aromatic N) is 1. The molecule has 0 bridgehead atoms. The Labute approximate surface area is 165 Å². The van der Waals surface area contributed by atoms with Gasteiger partial charge in [0, 0.05) is 12.5 Å². The van der Waals surface area contributed by atoms with Crippen LogP contribution in [0.1, 0.15) is 24.5 Å². The monoisotopic (exact) mass is 403 g/mol. The minimum Gasteiger partial charge on any atom is -0.324 e. The van der Waals surface area contributed by atoms with E-state index in [9.17, 15) is 18.4 Å². The molecule has 2 N–H and O–H groups in total. The molecule has 1 saturated heterocycles. The number of para-hydroxylation sites is 1. The third-order valence-electron chi connectivity index (χ3n) is 4.27. The van der Waals surface area contributed by atoms with Gasteiger partial charge < -0.3 is 10.6 Å². The van der Waals surface area contributed by atoms with E-state index in [1.54, 1.807) is 0 Å². The highest BCUT2D eigenvalue weighted by atomic mass is 32.2. The van der Waals surface area contributed by atoms with E-state index < -0.39 is 22.8 Å². The number of carbonyl (C=O) groups excluding carboxylic acids is 2. The number of carbonyl (C=O) groups is 2.